The molecule has 7 nitrogen and oxygen atoms in total. The highest BCUT2D eigenvalue weighted by Gasteiger charge is 2.34. The first-order valence-electron chi connectivity index (χ1n) is 8.99. The predicted octanol–water partition coefficient (Wildman–Crippen LogP) is 1.51. The number of aryl methyl sites for hydroxylation is 2. The van der Waals surface area contributed by atoms with Crippen LogP contribution in [0.4, 0.5) is 0 Å². The van der Waals surface area contributed by atoms with Crippen molar-refractivity contribution in [3.8, 4) is 0 Å². The van der Waals surface area contributed by atoms with Crippen LogP contribution in [-0.2, 0) is 0 Å². The van der Waals surface area contributed by atoms with Gasteiger partial charge in [0, 0.05) is 37.9 Å². The Hall–Kier alpha value is -1.99. The lowest BCUT2D eigenvalue weighted by Gasteiger charge is -2.39. The van der Waals surface area contributed by atoms with E-state index in [-0.39, 0.29) is 18.1 Å². The average molecular weight is 344 g/mol. The third-order valence-electron chi connectivity index (χ3n) is 5.49. The molecular formula is C18H24N4O3. The summed E-state index contributed by atoms with van der Waals surface area (Å²) in [5, 5.41) is 14.8. The zero-order valence-corrected chi connectivity index (χ0v) is 14.7. The van der Waals surface area contributed by atoms with Crippen LogP contribution >= 0.6 is 0 Å². The predicted molar refractivity (Wildman–Crippen MR) is 92.4 cm³/mol. The van der Waals surface area contributed by atoms with Crippen molar-refractivity contribution in [3.63, 3.8) is 0 Å². The van der Waals surface area contributed by atoms with Gasteiger partial charge >= 0.3 is 0 Å². The summed E-state index contributed by atoms with van der Waals surface area (Å²) in [5.74, 6) is 0.00780. The summed E-state index contributed by atoms with van der Waals surface area (Å²) in [7, 11) is 0. The first-order chi connectivity index (χ1) is 12.0. The van der Waals surface area contributed by atoms with Gasteiger partial charge in [0.2, 0.25) is 0 Å². The van der Waals surface area contributed by atoms with Gasteiger partial charge in [0.15, 0.2) is 0 Å². The van der Waals surface area contributed by atoms with Crippen LogP contribution in [0.2, 0.25) is 0 Å². The Bertz CT molecular complexity index is 795. The number of aliphatic hydroxyl groups is 1. The molecule has 1 amide bonds. The van der Waals surface area contributed by atoms with Gasteiger partial charge in [0.25, 0.3) is 11.6 Å². The standard InChI is InChI=1S/C18H24N4O3/c1-11-10-13(16-12(2)20-25-17(16)19-11)18(24)22-8-6-21(7-9-22)14-4-3-5-15(14)23/h10,14-15,23H,3-9H2,1-2H3. The fourth-order valence-electron chi connectivity index (χ4n) is 4.16. The van der Waals surface area contributed by atoms with Gasteiger partial charge in [0.05, 0.1) is 22.7 Å². The van der Waals surface area contributed by atoms with E-state index in [1.807, 2.05) is 24.8 Å². The van der Waals surface area contributed by atoms with Crippen molar-refractivity contribution in [2.45, 2.75) is 45.3 Å². The van der Waals surface area contributed by atoms with Gasteiger partial charge in [0.1, 0.15) is 0 Å². The molecule has 25 heavy (non-hydrogen) atoms. The average Bonchev–Trinajstić information content (AvgIpc) is 3.20. The number of nitrogens with zero attached hydrogens (tertiary/aromatic N) is 4. The quantitative estimate of drug-likeness (QED) is 0.889. The molecule has 2 unspecified atom stereocenters. The first kappa shape index (κ1) is 16.5. The monoisotopic (exact) mass is 344 g/mol. The van der Waals surface area contributed by atoms with Gasteiger partial charge in [-0.05, 0) is 39.2 Å². The highest BCUT2D eigenvalue weighted by molar-refractivity contribution is 6.06. The number of hydrogen-bond donors (Lipinski definition) is 1. The van der Waals surface area contributed by atoms with Crippen molar-refractivity contribution in [1.29, 1.82) is 0 Å². The lowest BCUT2D eigenvalue weighted by Crippen LogP contribution is -2.53. The van der Waals surface area contributed by atoms with Gasteiger partial charge < -0.3 is 14.5 Å². The van der Waals surface area contributed by atoms with Crippen LogP contribution < -0.4 is 0 Å². The lowest BCUT2D eigenvalue weighted by molar-refractivity contribution is 0.0316. The fraction of sp³-hybridized carbons (Fsp3) is 0.611. The maximum atomic E-state index is 13.1. The number of fused-ring (bicyclic) bond motifs is 1. The number of amides is 1. The highest BCUT2D eigenvalue weighted by Crippen LogP contribution is 2.27. The van der Waals surface area contributed by atoms with Gasteiger partial charge in [-0.25, -0.2) is 4.98 Å². The summed E-state index contributed by atoms with van der Waals surface area (Å²) >= 11 is 0. The molecule has 1 saturated heterocycles. The zero-order chi connectivity index (χ0) is 17.6. The Labute approximate surface area is 146 Å². The molecular weight excluding hydrogens is 320 g/mol. The third kappa shape index (κ3) is 2.91. The van der Waals surface area contributed by atoms with Crippen molar-refractivity contribution in [2.24, 2.45) is 0 Å². The van der Waals surface area contributed by atoms with Crippen LogP contribution in [0.1, 0.15) is 41.0 Å². The minimum absolute atomic E-state index is 0.00780. The molecule has 2 fully saturated rings. The lowest BCUT2D eigenvalue weighted by atomic mass is 10.1. The number of rotatable bonds is 2. The second-order valence-corrected chi connectivity index (χ2v) is 7.15. The molecule has 2 atom stereocenters. The minimum atomic E-state index is -0.218. The summed E-state index contributed by atoms with van der Waals surface area (Å²) in [5.41, 5.74) is 2.49. The Morgan fingerprint density at radius 1 is 1.24 bits per heavy atom. The molecule has 2 aliphatic rings. The molecule has 134 valence electrons. The fourth-order valence-corrected chi connectivity index (χ4v) is 4.16. The second-order valence-electron chi connectivity index (χ2n) is 7.15. The number of pyridine rings is 1. The molecule has 0 spiro atoms. The molecule has 7 heteroatoms. The van der Waals surface area contributed by atoms with E-state index in [0.717, 1.165) is 38.0 Å². The minimum Gasteiger partial charge on any atom is -0.391 e. The van der Waals surface area contributed by atoms with Crippen molar-refractivity contribution in [1.82, 2.24) is 19.9 Å². The largest absolute Gasteiger partial charge is 0.391 e. The van der Waals surface area contributed by atoms with Crippen LogP contribution in [0, 0.1) is 13.8 Å². The summed E-state index contributed by atoms with van der Waals surface area (Å²) in [6.45, 7) is 6.66. The van der Waals surface area contributed by atoms with E-state index in [1.165, 1.54) is 0 Å². The molecule has 0 aromatic carbocycles. The van der Waals surface area contributed by atoms with E-state index in [0.29, 0.717) is 35.4 Å². The molecule has 1 aliphatic carbocycles. The number of carbonyl (C=O) groups excluding carboxylic acids is 1. The Morgan fingerprint density at radius 3 is 2.68 bits per heavy atom. The van der Waals surface area contributed by atoms with E-state index < -0.39 is 0 Å². The van der Waals surface area contributed by atoms with Crippen LogP contribution in [-0.4, -0.2) is 69.3 Å². The van der Waals surface area contributed by atoms with Crippen LogP contribution in [0.15, 0.2) is 10.6 Å². The van der Waals surface area contributed by atoms with E-state index in [9.17, 15) is 9.90 Å². The summed E-state index contributed by atoms with van der Waals surface area (Å²) in [6, 6.07) is 2.08. The van der Waals surface area contributed by atoms with Crippen LogP contribution in [0.25, 0.3) is 11.1 Å². The molecule has 1 N–H and O–H groups in total. The van der Waals surface area contributed by atoms with E-state index in [2.05, 4.69) is 15.0 Å². The number of aliphatic hydroxyl groups excluding tert-OH is 1. The normalized spacial score (nSPS) is 25.0. The van der Waals surface area contributed by atoms with Gasteiger partial charge in [-0.1, -0.05) is 5.16 Å². The Kier molecular flexibility index (Phi) is 4.21. The van der Waals surface area contributed by atoms with E-state index in [1.54, 1.807) is 0 Å². The maximum Gasteiger partial charge on any atom is 0.258 e. The topological polar surface area (TPSA) is 82.7 Å². The van der Waals surface area contributed by atoms with Crippen molar-refractivity contribution in [3.05, 3.63) is 23.0 Å². The number of hydrogen-bond acceptors (Lipinski definition) is 6. The highest BCUT2D eigenvalue weighted by atomic mass is 16.5. The maximum absolute atomic E-state index is 13.1. The smallest absolute Gasteiger partial charge is 0.258 e. The van der Waals surface area contributed by atoms with Crippen molar-refractivity contribution >= 4 is 17.0 Å². The first-order valence-corrected chi connectivity index (χ1v) is 8.99. The third-order valence-corrected chi connectivity index (χ3v) is 5.49. The molecule has 0 radical (unpaired) electrons. The van der Waals surface area contributed by atoms with Gasteiger partial charge in [-0.3, -0.25) is 9.69 Å². The van der Waals surface area contributed by atoms with Crippen molar-refractivity contribution < 1.29 is 14.4 Å². The summed E-state index contributed by atoms with van der Waals surface area (Å²) in [4.78, 5) is 21.6. The van der Waals surface area contributed by atoms with E-state index >= 15 is 0 Å². The second kappa shape index (κ2) is 6.38. The van der Waals surface area contributed by atoms with Crippen LogP contribution in [0.5, 0.6) is 0 Å². The molecule has 0 bridgehead atoms. The van der Waals surface area contributed by atoms with Crippen LogP contribution in [0.3, 0.4) is 0 Å². The van der Waals surface area contributed by atoms with Gasteiger partial charge in [-0.2, -0.15) is 0 Å². The Morgan fingerprint density at radius 2 is 2.00 bits per heavy atom. The molecule has 2 aromatic heterocycles. The van der Waals surface area contributed by atoms with Gasteiger partial charge in [-0.15, -0.1) is 0 Å². The molecule has 1 aliphatic heterocycles. The summed E-state index contributed by atoms with van der Waals surface area (Å²) < 4.78 is 5.24. The Balaban J connectivity index is 1.52. The molecule has 4 rings (SSSR count). The number of carbonyl (C=O) groups is 1. The van der Waals surface area contributed by atoms with Crippen molar-refractivity contribution in [2.75, 3.05) is 26.2 Å². The molecule has 1 saturated carbocycles. The van der Waals surface area contributed by atoms with E-state index in [4.69, 9.17) is 4.52 Å². The molecule has 3 heterocycles. The number of piperazine rings is 1. The zero-order valence-electron chi connectivity index (χ0n) is 14.7. The number of aromatic nitrogens is 2. The SMILES string of the molecule is Cc1cc(C(=O)N2CCN(C3CCCC3O)CC2)c2c(C)noc2n1. The summed E-state index contributed by atoms with van der Waals surface area (Å²) in [6.07, 6.45) is 2.82. The molecule has 2 aromatic rings.